The lowest BCUT2D eigenvalue weighted by atomic mass is 10.1. The van der Waals surface area contributed by atoms with Crippen molar-refractivity contribution in [2.24, 2.45) is 0 Å². The molecule has 1 aromatic heterocycles. The summed E-state index contributed by atoms with van der Waals surface area (Å²) in [5, 5.41) is 9.83. The molecule has 1 aliphatic heterocycles. The molecule has 1 aromatic carbocycles. The lowest BCUT2D eigenvalue weighted by Crippen LogP contribution is -2.36. The molecule has 0 bridgehead atoms. The SMILES string of the molecule is C=CCn1c(COc2ccc(Cl)cc2)nnc1SCC(=O)N1CCCCC1. The normalized spacial score (nSPS) is 14.2. The van der Waals surface area contributed by atoms with Gasteiger partial charge >= 0.3 is 0 Å². The maximum Gasteiger partial charge on any atom is 0.233 e. The second kappa shape index (κ2) is 9.80. The van der Waals surface area contributed by atoms with Crippen molar-refractivity contribution in [1.29, 1.82) is 0 Å². The highest BCUT2D eigenvalue weighted by Crippen LogP contribution is 2.21. The number of rotatable bonds is 8. The molecule has 0 atom stereocenters. The summed E-state index contributed by atoms with van der Waals surface area (Å²) in [6.07, 6.45) is 5.18. The van der Waals surface area contributed by atoms with Crippen LogP contribution in [0.15, 0.2) is 42.1 Å². The first-order chi connectivity index (χ1) is 13.2. The maximum absolute atomic E-state index is 12.4. The number of aromatic nitrogens is 3. The zero-order chi connectivity index (χ0) is 19.1. The van der Waals surface area contributed by atoms with Crippen LogP contribution in [0.1, 0.15) is 25.1 Å². The molecule has 144 valence electrons. The minimum absolute atomic E-state index is 0.159. The number of hydrogen-bond donors (Lipinski definition) is 0. The Morgan fingerprint density at radius 2 is 1.96 bits per heavy atom. The van der Waals surface area contributed by atoms with E-state index in [1.807, 2.05) is 21.6 Å². The molecule has 0 spiro atoms. The summed E-state index contributed by atoms with van der Waals surface area (Å²) in [6, 6.07) is 7.17. The molecule has 0 radical (unpaired) electrons. The first-order valence-corrected chi connectivity index (χ1v) is 10.4. The molecule has 1 aliphatic rings. The second-order valence-corrected chi connectivity index (χ2v) is 7.65. The Labute approximate surface area is 168 Å². The van der Waals surface area contributed by atoms with Gasteiger partial charge in [0.25, 0.3) is 0 Å². The quantitative estimate of drug-likeness (QED) is 0.493. The monoisotopic (exact) mass is 406 g/mol. The van der Waals surface area contributed by atoms with Gasteiger partial charge in [0.2, 0.25) is 5.91 Å². The molecule has 1 amide bonds. The molecular formula is C19H23ClN4O2S. The molecule has 2 heterocycles. The van der Waals surface area contributed by atoms with Crippen LogP contribution >= 0.6 is 23.4 Å². The Bertz CT molecular complexity index is 773. The number of amides is 1. The predicted octanol–water partition coefficient (Wildman–Crippen LogP) is 3.80. The van der Waals surface area contributed by atoms with E-state index in [9.17, 15) is 4.79 Å². The van der Waals surface area contributed by atoms with Crippen LogP contribution in [0.2, 0.25) is 5.02 Å². The number of hydrogen-bond acceptors (Lipinski definition) is 5. The number of carbonyl (C=O) groups is 1. The lowest BCUT2D eigenvalue weighted by molar-refractivity contribution is -0.129. The summed E-state index contributed by atoms with van der Waals surface area (Å²) in [5.41, 5.74) is 0. The van der Waals surface area contributed by atoms with Gasteiger partial charge in [0.1, 0.15) is 12.4 Å². The molecule has 1 saturated heterocycles. The Hall–Kier alpha value is -1.99. The third-order valence-electron chi connectivity index (χ3n) is 4.32. The number of halogens is 1. The maximum atomic E-state index is 12.4. The second-order valence-electron chi connectivity index (χ2n) is 6.27. The van der Waals surface area contributed by atoms with Crippen LogP contribution in [0, 0.1) is 0 Å². The van der Waals surface area contributed by atoms with Crippen LogP contribution in [0.25, 0.3) is 0 Å². The van der Waals surface area contributed by atoms with Crippen molar-refractivity contribution in [2.75, 3.05) is 18.8 Å². The van der Waals surface area contributed by atoms with Crippen LogP contribution in [-0.2, 0) is 17.9 Å². The number of allylic oxidation sites excluding steroid dienone is 1. The van der Waals surface area contributed by atoms with Gasteiger partial charge in [-0.1, -0.05) is 29.4 Å². The molecule has 3 rings (SSSR count). The van der Waals surface area contributed by atoms with Crippen molar-refractivity contribution in [1.82, 2.24) is 19.7 Å². The van der Waals surface area contributed by atoms with E-state index in [0.717, 1.165) is 25.9 Å². The van der Waals surface area contributed by atoms with Crippen molar-refractivity contribution in [2.45, 2.75) is 37.6 Å². The van der Waals surface area contributed by atoms with Crippen LogP contribution in [0.5, 0.6) is 5.75 Å². The molecule has 1 fully saturated rings. The number of likely N-dealkylation sites (tertiary alicyclic amines) is 1. The third-order valence-corrected chi connectivity index (χ3v) is 5.52. The van der Waals surface area contributed by atoms with Gasteiger partial charge in [-0.05, 0) is 43.5 Å². The topological polar surface area (TPSA) is 60.2 Å². The number of piperidine rings is 1. The molecule has 2 aromatic rings. The van der Waals surface area contributed by atoms with E-state index in [-0.39, 0.29) is 12.5 Å². The minimum atomic E-state index is 0.159. The van der Waals surface area contributed by atoms with E-state index >= 15 is 0 Å². The van der Waals surface area contributed by atoms with Crippen molar-refractivity contribution < 1.29 is 9.53 Å². The molecule has 0 saturated carbocycles. The third kappa shape index (κ3) is 5.49. The average Bonchev–Trinajstić information content (AvgIpc) is 3.08. The van der Waals surface area contributed by atoms with E-state index < -0.39 is 0 Å². The average molecular weight is 407 g/mol. The molecule has 0 aliphatic carbocycles. The van der Waals surface area contributed by atoms with Crippen molar-refractivity contribution >= 4 is 29.3 Å². The molecule has 6 nitrogen and oxygen atoms in total. The zero-order valence-corrected chi connectivity index (χ0v) is 16.7. The lowest BCUT2D eigenvalue weighted by Gasteiger charge is -2.26. The first-order valence-electron chi connectivity index (χ1n) is 8.99. The summed E-state index contributed by atoms with van der Waals surface area (Å²) in [4.78, 5) is 14.3. The van der Waals surface area contributed by atoms with Gasteiger partial charge in [0.05, 0.1) is 5.75 Å². The van der Waals surface area contributed by atoms with Crippen LogP contribution in [0.4, 0.5) is 0 Å². The van der Waals surface area contributed by atoms with Crippen molar-refractivity contribution in [3.63, 3.8) is 0 Å². The molecule has 0 N–H and O–H groups in total. The fourth-order valence-corrected chi connectivity index (χ4v) is 3.88. The summed E-state index contributed by atoms with van der Waals surface area (Å²) in [5.74, 6) is 1.93. The van der Waals surface area contributed by atoms with E-state index in [0.29, 0.717) is 34.1 Å². The number of thioether (sulfide) groups is 1. The summed E-state index contributed by atoms with van der Waals surface area (Å²) in [7, 11) is 0. The van der Waals surface area contributed by atoms with Gasteiger partial charge in [-0.15, -0.1) is 16.8 Å². The largest absolute Gasteiger partial charge is 0.486 e. The van der Waals surface area contributed by atoms with Gasteiger partial charge in [-0.2, -0.15) is 0 Å². The highest BCUT2D eigenvalue weighted by molar-refractivity contribution is 7.99. The van der Waals surface area contributed by atoms with E-state index in [4.69, 9.17) is 16.3 Å². The molecule has 27 heavy (non-hydrogen) atoms. The zero-order valence-electron chi connectivity index (χ0n) is 15.1. The number of ether oxygens (including phenoxy) is 1. The number of carbonyl (C=O) groups excluding carboxylic acids is 1. The predicted molar refractivity (Wildman–Crippen MR) is 107 cm³/mol. The van der Waals surface area contributed by atoms with E-state index in [2.05, 4.69) is 16.8 Å². The van der Waals surface area contributed by atoms with Crippen LogP contribution in [0.3, 0.4) is 0 Å². The molecule has 8 heteroatoms. The van der Waals surface area contributed by atoms with Crippen molar-refractivity contribution in [3.8, 4) is 5.75 Å². The van der Waals surface area contributed by atoms with Gasteiger partial charge in [0, 0.05) is 24.7 Å². The number of benzene rings is 1. The molecular weight excluding hydrogens is 384 g/mol. The number of nitrogens with zero attached hydrogens (tertiary/aromatic N) is 4. The highest BCUT2D eigenvalue weighted by Gasteiger charge is 2.19. The van der Waals surface area contributed by atoms with Crippen molar-refractivity contribution in [3.05, 3.63) is 47.8 Å². The van der Waals surface area contributed by atoms with E-state index in [1.165, 1.54) is 18.2 Å². The van der Waals surface area contributed by atoms with Gasteiger partial charge in [-0.3, -0.25) is 9.36 Å². The fraction of sp³-hybridized carbons (Fsp3) is 0.421. The van der Waals surface area contributed by atoms with Crippen LogP contribution < -0.4 is 4.74 Å². The summed E-state index contributed by atoms with van der Waals surface area (Å²) < 4.78 is 7.70. The highest BCUT2D eigenvalue weighted by atomic mass is 35.5. The van der Waals surface area contributed by atoms with Gasteiger partial charge < -0.3 is 9.64 Å². The minimum Gasteiger partial charge on any atom is -0.486 e. The Kier molecular flexibility index (Phi) is 7.18. The van der Waals surface area contributed by atoms with Gasteiger partial charge in [-0.25, -0.2) is 0 Å². The van der Waals surface area contributed by atoms with Crippen LogP contribution in [-0.4, -0.2) is 44.4 Å². The Morgan fingerprint density at radius 3 is 2.67 bits per heavy atom. The standard InChI is InChI=1S/C19H23ClN4O2S/c1-2-10-24-17(13-26-16-8-6-15(20)7-9-16)21-22-19(24)27-14-18(25)23-11-4-3-5-12-23/h2,6-9H,1,3-5,10-14H2. The Balaban J connectivity index is 1.60. The van der Waals surface area contributed by atoms with Gasteiger partial charge in [0.15, 0.2) is 11.0 Å². The Morgan fingerprint density at radius 1 is 1.22 bits per heavy atom. The fourth-order valence-electron chi connectivity index (χ4n) is 2.88. The first kappa shape index (κ1) is 19.8. The summed E-state index contributed by atoms with van der Waals surface area (Å²) in [6.45, 7) is 6.36. The summed E-state index contributed by atoms with van der Waals surface area (Å²) >= 11 is 7.30. The molecule has 0 unspecified atom stereocenters. The smallest absolute Gasteiger partial charge is 0.233 e. The van der Waals surface area contributed by atoms with E-state index in [1.54, 1.807) is 18.2 Å².